The molecule has 15 heavy (non-hydrogen) atoms. The smallest absolute Gasteiger partial charge is 0.0596 e. The van der Waals surface area contributed by atoms with E-state index in [1.54, 1.807) is 5.56 Å². The monoisotopic (exact) mass is 217 g/mol. The highest BCUT2D eigenvalue weighted by atomic mass is 32.2. The van der Waals surface area contributed by atoms with E-state index in [-0.39, 0.29) is 0 Å². The minimum absolute atomic E-state index is 1.23. The van der Waals surface area contributed by atoms with Gasteiger partial charge in [0.15, 0.2) is 0 Å². The predicted octanol–water partition coefficient (Wildman–Crippen LogP) is 3.77. The van der Waals surface area contributed by atoms with Crippen molar-refractivity contribution in [2.75, 3.05) is 6.26 Å². The zero-order valence-corrected chi connectivity index (χ0v) is 9.79. The van der Waals surface area contributed by atoms with Gasteiger partial charge in [0.1, 0.15) is 0 Å². The number of thioether (sulfide) groups is 1. The number of para-hydroxylation sites is 1. The second-order valence-corrected chi connectivity index (χ2v) is 5.02. The van der Waals surface area contributed by atoms with E-state index in [1.165, 1.54) is 47.2 Å². The van der Waals surface area contributed by atoms with E-state index in [0.717, 1.165) is 0 Å². The van der Waals surface area contributed by atoms with Gasteiger partial charge in [0, 0.05) is 16.0 Å². The molecule has 1 aliphatic carbocycles. The standard InChI is InChI=1S/C13H15NS/c1-15-12-8-4-6-10-9-5-2-3-7-11(9)14-13(10)12/h4,6,8,14H,2-3,5,7H2,1H3. The van der Waals surface area contributed by atoms with Gasteiger partial charge in [0.25, 0.3) is 0 Å². The summed E-state index contributed by atoms with van der Waals surface area (Å²) in [5.41, 5.74) is 4.42. The molecule has 2 aromatic rings. The molecular formula is C13H15NS. The Hall–Kier alpha value is -0.890. The molecule has 0 saturated carbocycles. The van der Waals surface area contributed by atoms with Crippen LogP contribution in [-0.4, -0.2) is 11.2 Å². The molecule has 1 aromatic heterocycles. The fraction of sp³-hybridized carbons (Fsp3) is 0.385. The molecule has 2 heteroatoms. The molecule has 1 aromatic carbocycles. The van der Waals surface area contributed by atoms with E-state index in [4.69, 9.17) is 0 Å². The molecule has 1 heterocycles. The summed E-state index contributed by atoms with van der Waals surface area (Å²) in [6.45, 7) is 0. The highest BCUT2D eigenvalue weighted by Gasteiger charge is 2.16. The van der Waals surface area contributed by atoms with Crippen molar-refractivity contribution in [1.82, 2.24) is 4.98 Å². The largest absolute Gasteiger partial charge is 0.357 e. The van der Waals surface area contributed by atoms with Crippen molar-refractivity contribution in [3.05, 3.63) is 29.5 Å². The normalized spacial score (nSPS) is 15.5. The van der Waals surface area contributed by atoms with Crippen LogP contribution < -0.4 is 0 Å². The third-order valence-corrected chi connectivity index (χ3v) is 4.10. The fourth-order valence-electron chi connectivity index (χ4n) is 2.57. The third-order valence-electron chi connectivity index (χ3n) is 3.31. The van der Waals surface area contributed by atoms with E-state index in [2.05, 4.69) is 29.4 Å². The molecule has 0 bridgehead atoms. The first-order valence-corrected chi connectivity index (χ1v) is 6.79. The van der Waals surface area contributed by atoms with Gasteiger partial charge in [-0.05, 0) is 43.6 Å². The summed E-state index contributed by atoms with van der Waals surface area (Å²) in [6, 6.07) is 6.64. The van der Waals surface area contributed by atoms with Crippen LogP contribution in [0.3, 0.4) is 0 Å². The second-order valence-electron chi connectivity index (χ2n) is 4.17. The molecule has 0 aliphatic heterocycles. The Kier molecular flexibility index (Phi) is 2.24. The molecule has 1 N–H and O–H groups in total. The molecule has 0 unspecified atom stereocenters. The van der Waals surface area contributed by atoms with Gasteiger partial charge in [-0.2, -0.15) is 0 Å². The maximum Gasteiger partial charge on any atom is 0.0596 e. The number of H-pyrrole nitrogens is 1. The van der Waals surface area contributed by atoms with Crippen molar-refractivity contribution in [2.45, 2.75) is 30.6 Å². The number of aromatic amines is 1. The van der Waals surface area contributed by atoms with Gasteiger partial charge in [-0.3, -0.25) is 0 Å². The molecule has 3 rings (SSSR count). The molecule has 0 atom stereocenters. The summed E-state index contributed by atoms with van der Waals surface area (Å²) in [7, 11) is 0. The van der Waals surface area contributed by atoms with Gasteiger partial charge in [0.05, 0.1) is 5.52 Å². The van der Waals surface area contributed by atoms with Crippen LogP contribution in [0, 0.1) is 0 Å². The minimum atomic E-state index is 1.23. The summed E-state index contributed by atoms with van der Waals surface area (Å²) in [5.74, 6) is 0. The van der Waals surface area contributed by atoms with Gasteiger partial charge in [-0.1, -0.05) is 12.1 Å². The molecule has 0 amide bonds. The summed E-state index contributed by atoms with van der Waals surface area (Å²) in [6.07, 6.45) is 7.33. The van der Waals surface area contributed by atoms with Gasteiger partial charge < -0.3 is 4.98 Å². The van der Waals surface area contributed by atoms with E-state index >= 15 is 0 Å². The van der Waals surface area contributed by atoms with Crippen LogP contribution in [0.1, 0.15) is 24.1 Å². The molecule has 0 spiro atoms. The van der Waals surface area contributed by atoms with Crippen LogP contribution in [0.2, 0.25) is 0 Å². The number of hydrogen-bond donors (Lipinski definition) is 1. The van der Waals surface area contributed by atoms with Gasteiger partial charge in [-0.15, -0.1) is 11.8 Å². The van der Waals surface area contributed by atoms with Crippen LogP contribution in [-0.2, 0) is 12.8 Å². The summed E-state index contributed by atoms with van der Waals surface area (Å²) in [5, 5.41) is 1.46. The van der Waals surface area contributed by atoms with E-state index < -0.39 is 0 Å². The lowest BCUT2D eigenvalue weighted by molar-refractivity contribution is 0.680. The van der Waals surface area contributed by atoms with Crippen LogP contribution >= 0.6 is 11.8 Å². The van der Waals surface area contributed by atoms with Crippen LogP contribution in [0.4, 0.5) is 0 Å². The van der Waals surface area contributed by atoms with Gasteiger partial charge in [0.2, 0.25) is 0 Å². The average Bonchev–Trinajstić information content (AvgIpc) is 2.67. The predicted molar refractivity (Wildman–Crippen MR) is 66.7 cm³/mol. The Balaban J connectivity index is 2.31. The van der Waals surface area contributed by atoms with Gasteiger partial charge >= 0.3 is 0 Å². The summed E-state index contributed by atoms with van der Waals surface area (Å²) in [4.78, 5) is 4.99. The van der Waals surface area contributed by atoms with Crippen molar-refractivity contribution in [3.63, 3.8) is 0 Å². The quantitative estimate of drug-likeness (QED) is 0.719. The Labute approximate surface area is 94.3 Å². The van der Waals surface area contributed by atoms with E-state index in [1.807, 2.05) is 11.8 Å². The van der Waals surface area contributed by atoms with Crippen molar-refractivity contribution < 1.29 is 0 Å². The molecule has 1 nitrogen and oxygen atoms in total. The molecule has 78 valence electrons. The average molecular weight is 217 g/mol. The number of aryl methyl sites for hydroxylation is 2. The van der Waals surface area contributed by atoms with Crippen LogP contribution in [0.5, 0.6) is 0 Å². The Morgan fingerprint density at radius 2 is 2.07 bits per heavy atom. The number of hydrogen-bond acceptors (Lipinski definition) is 1. The van der Waals surface area contributed by atoms with Crippen molar-refractivity contribution >= 4 is 22.7 Å². The number of nitrogens with one attached hydrogen (secondary N) is 1. The SMILES string of the molecule is CSc1cccc2c3c([nH]c12)CCCC3. The second kappa shape index (κ2) is 3.60. The zero-order chi connectivity index (χ0) is 10.3. The minimum Gasteiger partial charge on any atom is -0.357 e. The molecular weight excluding hydrogens is 202 g/mol. The number of fused-ring (bicyclic) bond motifs is 3. The van der Waals surface area contributed by atoms with Crippen LogP contribution in [0.15, 0.2) is 23.1 Å². The molecule has 1 aliphatic rings. The number of benzene rings is 1. The van der Waals surface area contributed by atoms with Gasteiger partial charge in [-0.25, -0.2) is 0 Å². The van der Waals surface area contributed by atoms with Crippen molar-refractivity contribution in [1.29, 1.82) is 0 Å². The highest BCUT2D eigenvalue weighted by molar-refractivity contribution is 7.98. The molecule has 0 fully saturated rings. The Morgan fingerprint density at radius 1 is 1.20 bits per heavy atom. The van der Waals surface area contributed by atoms with E-state index in [0.29, 0.717) is 0 Å². The topological polar surface area (TPSA) is 15.8 Å². The lowest BCUT2D eigenvalue weighted by atomic mass is 9.96. The molecule has 0 saturated heterocycles. The molecule has 0 radical (unpaired) electrons. The number of aromatic nitrogens is 1. The van der Waals surface area contributed by atoms with Crippen LogP contribution in [0.25, 0.3) is 10.9 Å². The van der Waals surface area contributed by atoms with Crippen molar-refractivity contribution in [3.8, 4) is 0 Å². The highest BCUT2D eigenvalue weighted by Crippen LogP contribution is 2.33. The summed E-state index contributed by atoms with van der Waals surface area (Å²) >= 11 is 1.83. The Morgan fingerprint density at radius 3 is 2.93 bits per heavy atom. The first-order valence-electron chi connectivity index (χ1n) is 5.56. The Bertz CT molecular complexity index is 498. The maximum absolute atomic E-state index is 3.61. The first kappa shape index (κ1) is 9.34. The zero-order valence-electron chi connectivity index (χ0n) is 8.97. The number of rotatable bonds is 1. The fourth-order valence-corrected chi connectivity index (χ4v) is 3.15. The summed E-state index contributed by atoms with van der Waals surface area (Å²) < 4.78 is 0. The maximum atomic E-state index is 3.61. The van der Waals surface area contributed by atoms with Crippen molar-refractivity contribution in [2.24, 2.45) is 0 Å². The van der Waals surface area contributed by atoms with E-state index in [9.17, 15) is 0 Å². The lowest BCUT2D eigenvalue weighted by Gasteiger charge is -2.10. The first-order chi connectivity index (χ1) is 7.40. The lowest BCUT2D eigenvalue weighted by Crippen LogP contribution is -1.99. The third kappa shape index (κ3) is 1.39.